The Hall–Kier alpha value is -2.88. The predicted octanol–water partition coefficient (Wildman–Crippen LogP) is 5.86. The molecule has 33 heavy (non-hydrogen) atoms. The highest BCUT2D eigenvalue weighted by molar-refractivity contribution is 6.33. The molecule has 2 atom stereocenters. The van der Waals surface area contributed by atoms with E-state index in [1.165, 1.54) is 0 Å². The average Bonchev–Trinajstić information content (AvgIpc) is 3.55. The zero-order valence-electron chi connectivity index (χ0n) is 18.3. The molecule has 0 spiro atoms. The maximum atomic E-state index is 9.05. The van der Waals surface area contributed by atoms with Crippen molar-refractivity contribution in [3.05, 3.63) is 64.5 Å². The summed E-state index contributed by atoms with van der Waals surface area (Å²) in [5.74, 6) is 2.39. The molecule has 7 heteroatoms. The zero-order valence-corrected chi connectivity index (χ0v) is 19.0. The fraction of sp³-hybridized carbons (Fsp3) is 0.423. The van der Waals surface area contributed by atoms with Crippen LogP contribution in [0, 0.1) is 11.3 Å². The van der Waals surface area contributed by atoms with Crippen LogP contribution in [0.2, 0.25) is 5.02 Å². The molecule has 0 N–H and O–H groups in total. The Kier molecular flexibility index (Phi) is 5.32. The van der Waals surface area contributed by atoms with Gasteiger partial charge in [0.2, 0.25) is 0 Å². The first-order chi connectivity index (χ1) is 16.2. The third kappa shape index (κ3) is 3.90. The number of hydrogen-bond acceptors (Lipinski definition) is 6. The van der Waals surface area contributed by atoms with Crippen molar-refractivity contribution in [3.8, 4) is 17.3 Å². The van der Waals surface area contributed by atoms with Crippen molar-refractivity contribution in [1.29, 1.82) is 5.26 Å². The number of halogens is 1. The van der Waals surface area contributed by atoms with E-state index in [4.69, 9.17) is 26.1 Å². The van der Waals surface area contributed by atoms with Crippen LogP contribution in [0.3, 0.4) is 0 Å². The molecule has 2 bridgehead atoms. The molecule has 2 saturated heterocycles. The third-order valence-electron chi connectivity index (χ3n) is 7.19. The molecule has 3 aromatic rings. The summed E-state index contributed by atoms with van der Waals surface area (Å²) in [5.41, 5.74) is 3.35. The number of pyridine rings is 1. The average molecular weight is 461 g/mol. The standard InChI is InChI=1S/C26H25ClN4O2/c27-23-4-2-1-3-21(23)25-22(26(33-30-25)17-6-7-17)15-32-20-11-18-8-9-19(12-20)31(18)24-10-5-16(13-28)14-29-24/h1-5,10,14,17-20H,6-9,11-12,15H2. The van der Waals surface area contributed by atoms with Gasteiger partial charge in [0, 0.05) is 35.3 Å². The fourth-order valence-corrected chi connectivity index (χ4v) is 5.66. The number of nitrogens with zero attached hydrogens (tertiary/aromatic N) is 4. The highest BCUT2D eigenvalue weighted by atomic mass is 35.5. The highest BCUT2D eigenvalue weighted by Crippen LogP contribution is 2.45. The van der Waals surface area contributed by atoms with E-state index in [0.717, 1.165) is 66.9 Å². The van der Waals surface area contributed by atoms with E-state index < -0.39 is 0 Å². The number of benzene rings is 1. The number of ether oxygens (including phenoxy) is 1. The monoisotopic (exact) mass is 460 g/mol. The largest absolute Gasteiger partial charge is 0.373 e. The molecule has 6 rings (SSSR count). The first-order valence-electron chi connectivity index (χ1n) is 11.7. The van der Waals surface area contributed by atoms with Crippen LogP contribution in [0.4, 0.5) is 5.82 Å². The molecule has 3 aliphatic rings. The highest BCUT2D eigenvalue weighted by Gasteiger charge is 2.42. The molecule has 6 nitrogen and oxygen atoms in total. The van der Waals surface area contributed by atoms with Crippen LogP contribution in [-0.2, 0) is 11.3 Å². The van der Waals surface area contributed by atoms with Gasteiger partial charge in [-0.15, -0.1) is 0 Å². The van der Waals surface area contributed by atoms with E-state index in [0.29, 0.717) is 35.2 Å². The zero-order chi connectivity index (χ0) is 22.4. The summed E-state index contributed by atoms with van der Waals surface area (Å²) in [5, 5.41) is 14.1. The number of piperidine rings is 1. The minimum Gasteiger partial charge on any atom is -0.373 e. The first kappa shape index (κ1) is 20.7. The van der Waals surface area contributed by atoms with Crippen LogP contribution in [0.5, 0.6) is 0 Å². The van der Waals surface area contributed by atoms with Crippen LogP contribution < -0.4 is 4.90 Å². The van der Waals surface area contributed by atoms with Gasteiger partial charge in [-0.1, -0.05) is 35.0 Å². The van der Waals surface area contributed by atoms with Crippen molar-refractivity contribution in [2.45, 2.75) is 69.2 Å². The van der Waals surface area contributed by atoms with Crippen molar-refractivity contribution >= 4 is 17.4 Å². The van der Waals surface area contributed by atoms with E-state index in [2.05, 4.69) is 21.1 Å². The molecule has 3 fully saturated rings. The van der Waals surface area contributed by atoms with Gasteiger partial charge < -0.3 is 14.2 Å². The summed E-state index contributed by atoms with van der Waals surface area (Å²) in [6.07, 6.45) is 8.40. The molecule has 2 unspecified atom stereocenters. The Morgan fingerprint density at radius 1 is 1.09 bits per heavy atom. The van der Waals surface area contributed by atoms with E-state index in [1.54, 1.807) is 6.20 Å². The summed E-state index contributed by atoms with van der Waals surface area (Å²) in [6, 6.07) is 14.6. The Morgan fingerprint density at radius 3 is 2.55 bits per heavy atom. The van der Waals surface area contributed by atoms with Crippen molar-refractivity contribution in [3.63, 3.8) is 0 Å². The van der Waals surface area contributed by atoms with Gasteiger partial charge in [0.05, 0.1) is 23.3 Å². The Labute approximate surface area is 198 Å². The van der Waals surface area contributed by atoms with Gasteiger partial charge in [-0.2, -0.15) is 5.26 Å². The minimum absolute atomic E-state index is 0.193. The SMILES string of the molecule is N#Cc1ccc(N2C3CCC2CC(OCc2c(-c4ccccc4Cl)noc2C2CC2)C3)nc1. The lowest BCUT2D eigenvalue weighted by Crippen LogP contribution is -2.46. The first-order valence-corrected chi connectivity index (χ1v) is 12.1. The number of nitriles is 1. The second kappa shape index (κ2) is 8.48. The number of hydrogen-bond donors (Lipinski definition) is 0. The second-order valence-electron chi connectivity index (χ2n) is 9.34. The molecule has 1 aliphatic carbocycles. The normalized spacial score (nSPS) is 24.1. The lowest BCUT2D eigenvalue weighted by atomic mass is 9.99. The molecule has 2 aliphatic heterocycles. The molecule has 1 saturated carbocycles. The van der Waals surface area contributed by atoms with Crippen LogP contribution in [0.15, 0.2) is 47.1 Å². The number of fused-ring (bicyclic) bond motifs is 2. The van der Waals surface area contributed by atoms with E-state index in [-0.39, 0.29) is 6.10 Å². The summed E-state index contributed by atoms with van der Waals surface area (Å²) in [6.45, 7) is 0.495. The van der Waals surface area contributed by atoms with E-state index in [1.807, 2.05) is 36.4 Å². The fourth-order valence-electron chi connectivity index (χ4n) is 5.44. The van der Waals surface area contributed by atoms with Gasteiger partial charge in [-0.3, -0.25) is 0 Å². The van der Waals surface area contributed by atoms with Crippen molar-refractivity contribution in [1.82, 2.24) is 10.1 Å². The molecule has 4 heterocycles. The Morgan fingerprint density at radius 2 is 1.88 bits per heavy atom. The van der Waals surface area contributed by atoms with Crippen LogP contribution in [0.1, 0.15) is 61.3 Å². The molecule has 0 radical (unpaired) electrons. The number of rotatable bonds is 6. The van der Waals surface area contributed by atoms with Crippen LogP contribution in [-0.4, -0.2) is 28.3 Å². The van der Waals surface area contributed by atoms with E-state index >= 15 is 0 Å². The Balaban J connectivity index is 1.19. The van der Waals surface area contributed by atoms with Crippen molar-refractivity contribution in [2.24, 2.45) is 0 Å². The van der Waals surface area contributed by atoms with Crippen molar-refractivity contribution < 1.29 is 9.26 Å². The van der Waals surface area contributed by atoms with Gasteiger partial charge in [0.1, 0.15) is 23.3 Å². The van der Waals surface area contributed by atoms with Gasteiger partial charge in [-0.05, 0) is 56.7 Å². The van der Waals surface area contributed by atoms with Crippen LogP contribution in [0.25, 0.3) is 11.3 Å². The predicted molar refractivity (Wildman–Crippen MR) is 125 cm³/mol. The summed E-state index contributed by atoms with van der Waals surface area (Å²) < 4.78 is 12.3. The summed E-state index contributed by atoms with van der Waals surface area (Å²) >= 11 is 6.47. The minimum atomic E-state index is 0.193. The summed E-state index contributed by atoms with van der Waals surface area (Å²) in [7, 11) is 0. The lowest BCUT2D eigenvalue weighted by Gasteiger charge is -2.39. The maximum Gasteiger partial charge on any atom is 0.145 e. The van der Waals surface area contributed by atoms with E-state index in [9.17, 15) is 0 Å². The van der Waals surface area contributed by atoms with Crippen molar-refractivity contribution in [2.75, 3.05) is 4.90 Å². The molecular weight excluding hydrogens is 436 g/mol. The molecule has 0 amide bonds. The van der Waals surface area contributed by atoms with Crippen LogP contribution >= 0.6 is 11.6 Å². The molecular formula is C26H25ClN4O2. The number of anilines is 1. The van der Waals surface area contributed by atoms with Gasteiger partial charge in [0.15, 0.2) is 0 Å². The third-order valence-corrected chi connectivity index (χ3v) is 7.52. The lowest BCUT2D eigenvalue weighted by molar-refractivity contribution is 0.0146. The molecule has 2 aromatic heterocycles. The smallest absolute Gasteiger partial charge is 0.145 e. The molecule has 168 valence electrons. The van der Waals surface area contributed by atoms with Gasteiger partial charge in [-0.25, -0.2) is 4.98 Å². The number of aromatic nitrogens is 2. The Bertz CT molecular complexity index is 1180. The second-order valence-corrected chi connectivity index (χ2v) is 9.75. The van der Waals surface area contributed by atoms with Gasteiger partial charge >= 0.3 is 0 Å². The topological polar surface area (TPSA) is 75.2 Å². The summed E-state index contributed by atoms with van der Waals surface area (Å²) in [4.78, 5) is 6.98. The molecule has 1 aromatic carbocycles. The maximum absolute atomic E-state index is 9.05. The quantitative estimate of drug-likeness (QED) is 0.459. The van der Waals surface area contributed by atoms with Gasteiger partial charge in [0.25, 0.3) is 0 Å².